The Morgan fingerprint density at radius 2 is 1.50 bits per heavy atom. The van der Waals surface area contributed by atoms with Gasteiger partial charge in [0.05, 0.1) is 6.10 Å². The number of nitrogens with zero attached hydrogens (tertiary/aromatic N) is 1. The zero-order valence-corrected chi connectivity index (χ0v) is 13.2. The van der Waals surface area contributed by atoms with Crippen LogP contribution in [0.2, 0.25) is 0 Å². The first-order chi connectivity index (χ1) is 6.12. The topological polar surface area (TPSA) is 32.6 Å². The second-order valence-electron chi connectivity index (χ2n) is 3.00. The van der Waals surface area contributed by atoms with E-state index >= 15 is 0 Å². The van der Waals surface area contributed by atoms with Crippen LogP contribution in [0.25, 0.3) is 5.32 Å². The van der Waals surface area contributed by atoms with Crippen LogP contribution in [-0.4, -0.2) is 40.0 Å². The number of rotatable bonds is 5. The molecule has 0 rings (SSSR count). The van der Waals surface area contributed by atoms with Crippen molar-refractivity contribution >= 4 is 0 Å². The molecule has 0 heterocycles. The summed E-state index contributed by atoms with van der Waals surface area (Å²) in [5.74, 6) is 0. The van der Waals surface area contributed by atoms with Gasteiger partial charge in [-0.25, -0.2) is 0 Å². The Bertz CT molecular complexity index is 90.2. The van der Waals surface area contributed by atoms with Crippen molar-refractivity contribution in [3.63, 3.8) is 0 Å². The molecule has 0 amide bonds. The minimum atomic E-state index is 0. The predicted molar refractivity (Wildman–Crippen MR) is 57.4 cm³/mol. The van der Waals surface area contributed by atoms with E-state index in [1.165, 1.54) is 0 Å². The zero-order valence-electron chi connectivity index (χ0n) is 10.4. The van der Waals surface area contributed by atoms with Crippen molar-refractivity contribution < 1.29 is 42.2 Å². The summed E-state index contributed by atoms with van der Waals surface area (Å²) in [5.41, 5.74) is 0. The van der Waals surface area contributed by atoms with Crippen LogP contribution in [0.3, 0.4) is 0 Å². The Morgan fingerprint density at radius 1 is 1.07 bits per heavy atom. The first kappa shape index (κ1) is 20.4. The third-order valence-electron chi connectivity index (χ3n) is 1.82. The van der Waals surface area contributed by atoms with Crippen molar-refractivity contribution in [3.05, 3.63) is 5.32 Å². The van der Waals surface area contributed by atoms with Gasteiger partial charge >= 0.3 is 0 Å². The van der Waals surface area contributed by atoms with E-state index < -0.39 is 0 Å². The molecular formula is C10H24NO2Y-. The standard InChI is InChI=1S/C5H12NO.C5H12O.Y/c1-5(7-3)4-6-2;1-4-5(2)6-3;/h5H,4H2,1-3H3;5H,4H2,1-3H3;/q-1;;. The van der Waals surface area contributed by atoms with Crippen molar-refractivity contribution in [2.45, 2.75) is 39.4 Å². The average Bonchev–Trinajstić information content (AvgIpc) is 2.18. The van der Waals surface area contributed by atoms with E-state index in [0.717, 1.165) is 13.0 Å². The van der Waals surface area contributed by atoms with Crippen molar-refractivity contribution in [3.8, 4) is 0 Å². The fourth-order valence-corrected chi connectivity index (χ4v) is 0.498. The molecule has 0 aromatic rings. The van der Waals surface area contributed by atoms with Gasteiger partial charge in [0.25, 0.3) is 0 Å². The summed E-state index contributed by atoms with van der Waals surface area (Å²) in [4.78, 5) is 0. The van der Waals surface area contributed by atoms with E-state index in [1.807, 2.05) is 6.92 Å². The van der Waals surface area contributed by atoms with Gasteiger partial charge in [0.15, 0.2) is 0 Å². The second kappa shape index (κ2) is 16.4. The third kappa shape index (κ3) is 18.7. The van der Waals surface area contributed by atoms with Crippen LogP contribution in [0.15, 0.2) is 0 Å². The summed E-state index contributed by atoms with van der Waals surface area (Å²) < 4.78 is 9.80. The molecule has 3 nitrogen and oxygen atoms in total. The van der Waals surface area contributed by atoms with Gasteiger partial charge < -0.3 is 14.8 Å². The van der Waals surface area contributed by atoms with Crippen LogP contribution in [0.4, 0.5) is 0 Å². The van der Waals surface area contributed by atoms with Gasteiger partial charge in [0.1, 0.15) is 0 Å². The molecule has 0 fully saturated rings. The SMILES string of the molecule is CCC(C)OC.C[N-]CC(C)OC.[Y]. The van der Waals surface area contributed by atoms with E-state index in [2.05, 4.69) is 19.2 Å². The molecule has 2 atom stereocenters. The number of hydrogen-bond donors (Lipinski definition) is 0. The molecule has 0 aliphatic rings. The molecule has 0 N–H and O–H groups in total. The van der Waals surface area contributed by atoms with Crippen LogP contribution < -0.4 is 0 Å². The van der Waals surface area contributed by atoms with Crippen LogP contribution >= 0.6 is 0 Å². The van der Waals surface area contributed by atoms with Crippen LogP contribution in [0.1, 0.15) is 27.2 Å². The fourth-order valence-electron chi connectivity index (χ4n) is 0.498. The van der Waals surface area contributed by atoms with Gasteiger partial charge in [-0.2, -0.15) is 7.05 Å². The summed E-state index contributed by atoms with van der Waals surface area (Å²) in [6.45, 7) is 6.96. The number of methoxy groups -OCH3 is 2. The molecule has 85 valence electrons. The number of ether oxygens (including phenoxy) is 2. The summed E-state index contributed by atoms with van der Waals surface area (Å²) in [7, 11) is 5.21. The molecule has 0 aromatic carbocycles. The van der Waals surface area contributed by atoms with Crippen molar-refractivity contribution in [1.82, 2.24) is 0 Å². The van der Waals surface area contributed by atoms with E-state index in [0.29, 0.717) is 6.10 Å². The van der Waals surface area contributed by atoms with Gasteiger partial charge in [-0.1, -0.05) is 6.92 Å². The molecular weight excluding hydrogens is 255 g/mol. The molecule has 0 saturated heterocycles. The van der Waals surface area contributed by atoms with Crippen LogP contribution in [-0.2, 0) is 42.2 Å². The third-order valence-corrected chi connectivity index (χ3v) is 1.82. The van der Waals surface area contributed by atoms with Crippen molar-refractivity contribution in [2.75, 3.05) is 27.8 Å². The maximum atomic E-state index is 4.90. The van der Waals surface area contributed by atoms with Gasteiger partial charge in [-0.3, -0.25) is 0 Å². The zero-order chi connectivity index (χ0) is 10.7. The van der Waals surface area contributed by atoms with Crippen LogP contribution in [0, 0.1) is 0 Å². The largest absolute Gasteiger partial charge is 0.663 e. The maximum absolute atomic E-state index is 4.90. The van der Waals surface area contributed by atoms with E-state index in [-0.39, 0.29) is 38.8 Å². The second-order valence-corrected chi connectivity index (χ2v) is 3.00. The summed E-state index contributed by atoms with van der Waals surface area (Å²) in [6.07, 6.45) is 1.83. The van der Waals surface area contributed by atoms with Crippen molar-refractivity contribution in [2.24, 2.45) is 0 Å². The Labute approximate surface area is 114 Å². The van der Waals surface area contributed by atoms with E-state index in [9.17, 15) is 0 Å². The monoisotopic (exact) mass is 279 g/mol. The van der Waals surface area contributed by atoms with Crippen LogP contribution in [0.5, 0.6) is 0 Å². The molecule has 1 radical (unpaired) electrons. The first-order valence-electron chi connectivity index (χ1n) is 4.73. The van der Waals surface area contributed by atoms with Gasteiger partial charge in [-0.15, -0.1) is 6.54 Å². The molecule has 0 aliphatic carbocycles. The molecule has 0 saturated carbocycles. The molecule has 4 heteroatoms. The minimum absolute atomic E-state index is 0. The number of hydrogen-bond acceptors (Lipinski definition) is 2. The first-order valence-corrected chi connectivity index (χ1v) is 4.73. The molecule has 0 aromatic heterocycles. The Morgan fingerprint density at radius 3 is 1.57 bits per heavy atom. The minimum Gasteiger partial charge on any atom is -0.663 e. The normalized spacial score (nSPS) is 13.3. The fraction of sp³-hybridized carbons (Fsp3) is 1.00. The van der Waals surface area contributed by atoms with Gasteiger partial charge in [0, 0.05) is 53.0 Å². The van der Waals surface area contributed by atoms with Crippen molar-refractivity contribution in [1.29, 1.82) is 0 Å². The summed E-state index contributed by atoms with van der Waals surface area (Å²) >= 11 is 0. The maximum Gasteiger partial charge on any atom is 0.0540 e. The molecule has 2 unspecified atom stereocenters. The predicted octanol–water partition coefficient (Wildman–Crippen LogP) is 2.45. The van der Waals surface area contributed by atoms with Gasteiger partial charge in [-0.05, 0) is 20.3 Å². The van der Waals surface area contributed by atoms with E-state index in [4.69, 9.17) is 9.47 Å². The Balaban J connectivity index is -0.000000163. The Kier molecular flexibility index (Phi) is 23.9. The molecule has 0 spiro atoms. The summed E-state index contributed by atoms with van der Waals surface area (Å²) in [6, 6.07) is 0. The smallest absolute Gasteiger partial charge is 0.0540 e. The summed E-state index contributed by atoms with van der Waals surface area (Å²) in [5, 5.41) is 3.88. The average molecular weight is 279 g/mol. The molecule has 0 bridgehead atoms. The Hall–Kier alpha value is 0.984. The number of likely N-dealkylation sites (N-methyl/N-ethyl adjacent to an activating group) is 1. The van der Waals surface area contributed by atoms with E-state index in [1.54, 1.807) is 21.3 Å². The van der Waals surface area contributed by atoms with Gasteiger partial charge in [0.2, 0.25) is 0 Å². The molecule has 14 heavy (non-hydrogen) atoms. The quantitative estimate of drug-likeness (QED) is 0.774. The molecule has 0 aliphatic heterocycles.